The first-order valence-corrected chi connectivity index (χ1v) is 10.1. The van der Waals surface area contributed by atoms with E-state index in [1.54, 1.807) is 0 Å². The Morgan fingerprint density at radius 3 is 2.30 bits per heavy atom. The molecule has 0 aliphatic heterocycles. The Balaban J connectivity index is 2.97. The van der Waals surface area contributed by atoms with Crippen molar-refractivity contribution >= 4 is 11.6 Å². The van der Waals surface area contributed by atoms with Gasteiger partial charge in [-0.2, -0.15) is 0 Å². The molecule has 4 heteroatoms. The smallest absolute Gasteiger partial charge is 0.225 e. The summed E-state index contributed by atoms with van der Waals surface area (Å²) in [5.74, 6) is -1.01. The Morgan fingerprint density at radius 2 is 1.70 bits per heavy atom. The number of rotatable bonds is 11. The molecule has 4 nitrogen and oxygen atoms in total. The summed E-state index contributed by atoms with van der Waals surface area (Å²) in [6, 6.07) is 0. The van der Waals surface area contributed by atoms with Crippen LogP contribution in [0, 0.1) is 0 Å². The average molecular weight is 374 g/mol. The van der Waals surface area contributed by atoms with Gasteiger partial charge in [0, 0.05) is 12.1 Å². The molecule has 0 saturated heterocycles. The van der Waals surface area contributed by atoms with Gasteiger partial charge in [0.05, 0.1) is 11.3 Å². The molecule has 0 fully saturated rings. The van der Waals surface area contributed by atoms with Gasteiger partial charge in [0.2, 0.25) is 11.6 Å². The lowest BCUT2D eigenvalue weighted by molar-refractivity contribution is -0.118. The Bertz CT molecular complexity index is 674. The van der Waals surface area contributed by atoms with Gasteiger partial charge < -0.3 is 10.4 Å². The highest BCUT2D eigenvalue weighted by atomic mass is 16.3. The number of hydrogen-bond donors (Lipinski definition) is 2. The second kappa shape index (κ2) is 11.6. The summed E-state index contributed by atoms with van der Waals surface area (Å²) < 4.78 is 0. The summed E-state index contributed by atoms with van der Waals surface area (Å²) in [5.41, 5.74) is 3.45. The van der Waals surface area contributed by atoms with Crippen molar-refractivity contribution in [3.05, 3.63) is 45.9 Å². The number of allylic oxidation sites excluding steroid dienone is 6. The van der Waals surface area contributed by atoms with E-state index in [9.17, 15) is 14.7 Å². The molecule has 0 saturated carbocycles. The fourth-order valence-corrected chi connectivity index (χ4v) is 3.10. The molecule has 150 valence electrons. The van der Waals surface area contributed by atoms with Gasteiger partial charge >= 0.3 is 0 Å². The molecule has 1 aliphatic carbocycles. The predicted molar refractivity (Wildman–Crippen MR) is 112 cm³/mol. The third-order valence-electron chi connectivity index (χ3n) is 4.71. The number of unbranched alkanes of at least 4 members (excludes halogenated alkanes) is 2. The topological polar surface area (TPSA) is 66.4 Å². The summed E-state index contributed by atoms with van der Waals surface area (Å²) in [6.45, 7) is 10.7. The number of hydrogen-bond acceptors (Lipinski definition) is 4. The van der Waals surface area contributed by atoms with Crippen LogP contribution in [0.2, 0.25) is 0 Å². The average Bonchev–Trinajstić information content (AvgIpc) is 2.61. The normalized spacial score (nSPS) is 15.5. The Kier molecular flexibility index (Phi) is 9.84. The van der Waals surface area contributed by atoms with Gasteiger partial charge in [-0.3, -0.25) is 9.59 Å². The van der Waals surface area contributed by atoms with Crippen molar-refractivity contribution in [3.63, 3.8) is 0 Å². The number of likely N-dealkylation sites (N-methyl/N-ethyl adjacent to an activating group) is 1. The van der Waals surface area contributed by atoms with E-state index in [0.717, 1.165) is 37.7 Å². The minimum atomic E-state index is -0.396. The monoisotopic (exact) mass is 373 g/mol. The molecule has 0 aromatic carbocycles. The fourth-order valence-electron chi connectivity index (χ4n) is 3.10. The quantitative estimate of drug-likeness (QED) is 0.286. The van der Waals surface area contributed by atoms with Gasteiger partial charge in [-0.25, -0.2) is 0 Å². The predicted octanol–water partition coefficient (Wildman–Crippen LogP) is 5.48. The lowest BCUT2D eigenvalue weighted by atomic mass is 9.87. The lowest BCUT2D eigenvalue weighted by Crippen LogP contribution is -2.31. The first-order chi connectivity index (χ1) is 12.8. The van der Waals surface area contributed by atoms with Gasteiger partial charge in [0.25, 0.3) is 0 Å². The molecule has 1 rings (SSSR count). The number of aliphatic hydroxyl groups is 1. The van der Waals surface area contributed by atoms with Crippen LogP contribution >= 0.6 is 0 Å². The molecule has 0 atom stereocenters. The highest BCUT2D eigenvalue weighted by Crippen LogP contribution is 2.28. The van der Waals surface area contributed by atoms with Crippen LogP contribution in [-0.2, 0) is 9.59 Å². The summed E-state index contributed by atoms with van der Waals surface area (Å²) in [5, 5.41) is 13.5. The molecule has 0 amide bonds. The third kappa shape index (κ3) is 6.85. The minimum Gasteiger partial charge on any atom is -0.504 e. The van der Waals surface area contributed by atoms with E-state index < -0.39 is 5.78 Å². The van der Waals surface area contributed by atoms with Gasteiger partial charge in [-0.05, 0) is 59.8 Å². The molecule has 0 spiro atoms. The third-order valence-corrected chi connectivity index (χ3v) is 4.71. The molecule has 0 bridgehead atoms. The van der Waals surface area contributed by atoms with Crippen molar-refractivity contribution < 1.29 is 14.7 Å². The Hall–Kier alpha value is -2.10. The maximum Gasteiger partial charge on any atom is 0.225 e. The van der Waals surface area contributed by atoms with Gasteiger partial charge in [-0.1, -0.05) is 43.1 Å². The van der Waals surface area contributed by atoms with Crippen molar-refractivity contribution in [2.75, 3.05) is 6.54 Å². The van der Waals surface area contributed by atoms with Gasteiger partial charge in [0.15, 0.2) is 5.76 Å². The summed E-state index contributed by atoms with van der Waals surface area (Å²) in [7, 11) is 0. The number of ketones is 2. The van der Waals surface area contributed by atoms with Gasteiger partial charge in [0.1, 0.15) is 0 Å². The summed E-state index contributed by atoms with van der Waals surface area (Å²) in [4.78, 5) is 25.6. The van der Waals surface area contributed by atoms with E-state index in [4.69, 9.17) is 0 Å². The number of nitrogens with one attached hydrogen (secondary N) is 1. The Labute approximate surface area is 164 Å². The second-order valence-electron chi connectivity index (χ2n) is 7.40. The van der Waals surface area contributed by atoms with E-state index in [2.05, 4.69) is 32.2 Å². The summed E-state index contributed by atoms with van der Waals surface area (Å²) >= 11 is 0. The highest BCUT2D eigenvalue weighted by molar-refractivity contribution is 6.24. The summed E-state index contributed by atoms with van der Waals surface area (Å²) in [6.07, 6.45) is 9.66. The molecule has 0 radical (unpaired) electrons. The van der Waals surface area contributed by atoms with Crippen molar-refractivity contribution in [2.45, 2.75) is 79.6 Å². The molecule has 1 aliphatic rings. The molecular formula is C23H35NO3. The fraction of sp³-hybridized carbons (Fsp3) is 0.565. The van der Waals surface area contributed by atoms with Crippen molar-refractivity contribution in [1.29, 1.82) is 0 Å². The van der Waals surface area contributed by atoms with Crippen molar-refractivity contribution in [2.24, 2.45) is 0 Å². The second-order valence-corrected chi connectivity index (χ2v) is 7.40. The van der Waals surface area contributed by atoms with Crippen molar-refractivity contribution in [1.82, 2.24) is 5.32 Å². The van der Waals surface area contributed by atoms with Crippen LogP contribution in [0.1, 0.15) is 79.6 Å². The minimum absolute atomic E-state index is 0.205. The zero-order valence-electron chi connectivity index (χ0n) is 17.6. The van der Waals surface area contributed by atoms with E-state index in [1.165, 1.54) is 5.57 Å². The molecule has 0 aromatic heterocycles. The zero-order valence-corrected chi connectivity index (χ0v) is 17.6. The van der Waals surface area contributed by atoms with Gasteiger partial charge in [-0.15, -0.1) is 0 Å². The van der Waals surface area contributed by atoms with Crippen LogP contribution in [0.4, 0.5) is 0 Å². The van der Waals surface area contributed by atoms with E-state index >= 15 is 0 Å². The van der Waals surface area contributed by atoms with Crippen LogP contribution in [0.15, 0.2) is 45.9 Å². The standard InChI is InChI=1S/C23H35NO3/c1-6-8-9-13-18-20(24-7-2)21(25)19(23(27)22(18)26)15-14-17(5)12-10-11-16(3)4/h11,14,24,27H,6-10,12-13,15H2,1-5H3/b17-14+. The molecule has 0 heterocycles. The molecular weight excluding hydrogens is 338 g/mol. The molecule has 2 N–H and O–H groups in total. The van der Waals surface area contributed by atoms with Crippen LogP contribution in [-0.4, -0.2) is 23.2 Å². The van der Waals surface area contributed by atoms with E-state index in [0.29, 0.717) is 24.2 Å². The largest absolute Gasteiger partial charge is 0.504 e. The number of aliphatic hydroxyl groups excluding tert-OH is 1. The first kappa shape index (κ1) is 22.9. The molecule has 0 unspecified atom stereocenters. The number of carbonyl (C=O) groups is 2. The maximum atomic E-state index is 12.9. The lowest BCUT2D eigenvalue weighted by Gasteiger charge is -2.21. The molecule has 27 heavy (non-hydrogen) atoms. The maximum absolute atomic E-state index is 12.9. The zero-order chi connectivity index (χ0) is 20.4. The van der Waals surface area contributed by atoms with Crippen LogP contribution in [0.3, 0.4) is 0 Å². The van der Waals surface area contributed by atoms with E-state index in [1.807, 2.05) is 19.9 Å². The van der Waals surface area contributed by atoms with E-state index in [-0.39, 0.29) is 23.5 Å². The first-order valence-electron chi connectivity index (χ1n) is 10.1. The SMILES string of the molecule is CCCCCC1=C(NCC)C(=O)C(C/C=C(\C)CCC=C(C)C)=C(O)C1=O. The highest BCUT2D eigenvalue weighted by Gasteiger charge is 2.33. The number of carbonyl (C=O) groups excluding carboxylic acids is 2. The Morgan fingerprint density at radius 1 is 1.00 bits per heavy atom. The van der Waals surface area contributed by atoms with Crippen LogP contribution in [0.25, 0.3) is 0 Å². The van der Waals surface area contributed by atoms with Crippen LogP contribution in [0.5, 0.6) is 0 Å². The van der Waals surface area contributed by atoms with Crippen LogP contribution < -0.4 is 5.32 Å². The van der Waals surface area contributed by atoms with Crippen molar-refractivity contribution in [3.8, 4) is 0 Å². The molecule has 0 aromatic rings. The number of Topliss-reactive ketones (excluding diaryl/α,β-unsaturated/α-hetero) is 2.